The Morgan fingerprint density at radius 1 is 1.33 bits per heavy atom. The minimum atomic E-state index is -0.186. The van der Waals surface area contributed by atoms with Crippen molar-refractivity contribution in [3.8, 4) is 0 Å². The van der Waals surface area contributed by atoms with E-state index in [1.807, 2.05) is 14.1 Å². The van der Waals surface area contributed by atoms with Crippen LogP contribution in [0.3, 0.4) is 0 Å². The SMILES string of the molecule is Cc1nc2c(s1)C(=O)CC(=NCC(C)(C)CN(C)C)C2=O. The smallest absolute Gasteiger partial charge is 0.227 e. The van der Waals surface area contributed by atoms with Crippen LogP contribution in [0.4, 0.5) is 0 Å². The van der Waals surface area contributed by atoms with Crippen molar-refractivity contribution in [1.29, 1.82) is 0 Å². The second-order valence-corrected chi connectivity index (χ2v) is 7.71. The van der Waals surface area contributed by atoms with Gasteiger partial charge in [0, 0.05) is 13.1 Å². The molecule has 0 fully saturated rings. The molecule has 1 aliphatic carbocycles. The molecular formula is C15H21N3O2S. The number of nitrogens with zero attached hydrogens (tertiary/aromatic N) is 3. The van der Waals surface area contributed by atoms with Crippen LogP contribution in [0.5, 0.6) is 0 Å². The lowest BCUT2D eigenvalue weighted by atomic mass is 9.92. The Hall–Kier alpha value is -1.40. The molecule has 0 radical (unpaired) electrons. The fraction of sp³-hybridized carbons (Fsp3) is 0.600. The summed E-state index contributed by atoms with van der Waals surface area (Å²) in [7, 11) is 4.02. The van der Waals surface area contributed by atoms with E-state index in [1.54, 1.807) is 6.92 Å². The highest BCUT2D eigenvalue weighted by atomic mass is 32.1. The number of hydrogen-bond donors (Lipinski definition) is 0. The molecule has 0 bridgehead atoms. The molecule has 0 amide bonds. The van der Waals surface area contributed by atoms with Gasteiger partial charge in [0.2, 0.25) is 5.78 Å². The fourth-order valence-electron chi connectivity index (χ4n) is 2.56. The predicted molar refractivity (Wildman–Crippen MR) is 84.8 cm³/mol. The molecule has 0 unspecified atom stereocenters. The van der Waals surface area contributed by atoms with Crippen molar-refractivity contribution in [2.24, 2.45) is 10.4 Å². The number of carbonyl (C=O) groups is 2. The van der Waals surface area contributed by atoms with Gasteiger partial charge in [-0.25, -0.2) is 4.98 Å². The summed E-state index contributed by atoms with van der Waals surface area (Å²) >= 11 is 1.29. The van der Waals surface area contributed by atoms with Gasteiger partial charge in [-0.3, -0.25) is 14.6 Å². The Balaban J connectivity index is 2.21. The van der Waals surface area contributed by atoms with E-state index in [1.165, 1.54) is 11.3 Å². The second-order valence-electron chi connectivity index (χ2n) is 6.50. The molecule has 0 N–H and O–H groups in total. The van der Waals surface area contributed by atoms with Crippen LogP contribution >= 0.6 is 11.3 Å². The van der Waals surface area contributed by atoms with Gasteiger partial charge in [0.25, 0.3) is 0 Å². The molecule has 0 aliphatic heterocycles. The summed E-state index contributed by atoms with van der Waals surface area (Å²) in [5.41, 5.74) is 0.598. The van der Waals surface area contributed by atoms with Crippen molar-refractivity contribution >= 4 is 28.6 Å². The van der Waals surface area contributed by atoms with Crippen LogP contribution < -0.4 is 0 Å². The van der Waals surface area contributed by atoms with E-state index >= 15 is 0 Å². The molecule has 0 saturated carbocycles. The number of thiazole rings is 1. The van der Waals surface area contributed by atoms with Gasteiger partial charge in [-0.1, -0.05) is 13.8 Å². The number of Topliss-reactive ketones (excluding diaryl/α,β-unsaturated/α-hetero) is 2. The maximum Gasteiger partial charge on any atom is 0.227 e. The van der Waals surface area contributed by atoms with E-state index in [0.29, 0.717) is 17.1 Å². The lowest BCUT2D eigenvalue weighted by Crippen LogP contribution is -2.33. The summed E-state index contributed by atoms with van der Waals surface area (Å²) < 4.78 is 0. The number of ketones is 2. The van der Waals surface area contributed by atoms with Gasteiger partial charge < -0.3 is 4.90 Å². The molecule has 114 valence electrons. The molecule has 0 aromatic carbocycles. The zero-order chi connectivity index (χ0) is 15.8. The molecule has 0 saturated heterocycles. The minimum Gasteiger partial charge on any atom is -0.309 e. The fourth-order valence-corrected chi connectivity index (χ4v) is 3.42. The van der Waals surface area contributed by atoms with Crippen LogP contribution in [-0.4, -0.2) is 54.3 Å². The molecular weight excluding hydrogens is 286 g/mol. The van der Waals surface area contributed by atoms with Crippen LogP contribution in [0.25, 0.3) is 0 Å². The van der Waals surface area contributed by atoms with E-state index < -0.39 is 0 Å². The first-order chi connectivity index (χ1) is 9.69. The number of hydrogen-bond acceptors (Lipinski definition) is 6. The Morgan fingerprint density at radius 2 is 2.00 bits per heavy atom. The highest BCUT2D eigenvalue weighted by Crippen LogP contribution is 2.26. The number of aryl methyl sites for hydroxylation is 1. The molecule has 1 aromatic rings. The lowest BCUT2D eigenvalue weighted by molar-refractivity contribution is 0.0966. The van der Waals surface area contributed by atoms with Gasteiger partial charge in [-0.2, -0.15) is 0 Å². The summed E-state index contributed by atoms with van der Waals surface area (Å²) in [4.78, 5) is 35.7. The third kappa shape index (κ3) is 3.63. The van der Waals surface area contributed by atoms with Crippen LogP contribution in [0.1, 0.15) is 45.4 Å². The van der Waals surface area contributed by atoms with Gasteiger partial charge >= 0.3 is 0 Å². The molecule has 1 aliphatic rings. The van der Waals surface area contributed by atoms with Crippen LogP contribution in [0.15, 0.2) is 4.99 Å². The Labute approximate surface area is 129 Å². The number of rotatable bonds is 4. The van der Waals surface area contributed by atoms with Crippen molar-refractivity contribution in [3.63, 3.8) is 0 Å². The van der Waals surface area contributed by atoms with E-state index in [4.69, 9.17) is 0 Å². The normalized spacial score (nSPS) is 17.7. The molecule has 0 atom stereocenters. The predicted octanol–water partition coefficient (Wildman–Crippen LogP) is 2.25. The van der Waals surface area contributed by atoms with Crippen LogP contribution in [0.2, 0.25) is 0 Å². The first-order valence-electron chi connectivity index (χ1n) is 6.93. The maximum absolute atomic E-state index is 12.4. The van der Waals surface area contributed by atoms with Gasteiger partial charge in [-0.15, -0.1) is 11.3 Å². The first-order valence-corrected chi connectivity index (χ1v) is 7.74. The summed E-state index contributed by atoms with van der Waals surface area (Å²) in [6, 6.07) is 0. The molecule has 6 heteroatoms. The lowest BCUT2D eigenvalue weighted by Gasteiger charge is -2.26. The third-order valence-electron chi connectivity index (χ3n) is 3.23. The molecule has 2 rings (SSSR count). The van der Waals surface area contributed by atoms with Crippen molar-refractivity contribution in [3.05, 3.63) is 15.6 Å². The average molecular weight is 307 g/mol. The van der Waals surface area contributed by atoms with Crippen LogP contribution in [0, 0.1) is 12.3 Å². The monoisotopic (exact) mass is 307 g/mol. The van der Waals surface area contributed by atoms with Gasteiger partial charge in [0.05, 0.1) is 17.1 Å². The van der Waals surface area contributed by atoms with Gasteiger partial charge in [-0.05, 0) is 26.4 Å². The van der Waals surface area contributed by atoms with E-state index in [0.717, 1.165) is 11.6 Å². The largest absolute Gasteiger partial charge is 0.309 e. The zero-order valence-corrected chi connectivity index (χ0v) is 14.0. The Bertz CT molecular complexity index is 614. The van der Waals surface area contributed by atoms with E-state index in [2.05, 4.69) is 28.7 Å². The summed E-state index contributed by atoms with van der Waals surface area (Å²) in [6.45, 7) is 7.40. The number of carbonyl (C=O) groups excluding carboxylic acids is 2. The molecule has 5 nitrogen and oxygen atoms in total. The standard InChI is InChI=1S/C15H21N3O2S/c1-9-17-12-13(20)10(6-11(19)14(12)21-9)16-7-15(2,3)8-18(4)5/h6-8H2,1-5H3. The topological polar surface area (TPSA) is 62.6 Å². The van der Waals surface area contributed by atoms with Crippen molar-refractivity contribution in [2.75, 3.05) is 27.2 Å². The minimum absolute atomic E-state index is 0.0423. The van der Waals surface area contributed by atoms with Crippen molar-refractivity contribution in [1.82, 2.24) is 9.88 Å². The summed E-state index contributed by atoms with van der Waals surface area (Å²) in [6.07, 6.45) is 0.103. The summed E-state index contributed by atoms with van der Waals surface area (Å²) in [5, 5.41) is 0.746. The van der Waals surface area contributed by atoms with Gasteiger partial charge in [0.15, 0.2) is 5.78 Å². The van der Waals surface area contributed by atoms with Crippen molar-refractivity contribution < 1.29 is 9.59 Å². The maximum atomic E-state index is 12.4. The number of aliphatic imine (C=N–C) groups is 1. The highest BCUT2D eigenvalue weighted by Gasteiger charge is 2.33. The van der Waals surface area contributed by atoms with Crippen LogP contribution in [-0.2, 0) is 0 Å². The Kier molecular flexibility index (Phi) is 4.39. The van der Waals surface area contributed by atoms with E-state index in [-0.39, 0.29) is 29.1 Å². The summed E-state index contributed by atoms with van der Waals surface area (Å²) in [5.74, 6) is -0.228. The highest BCUT2D eigenvalue weighted by molar-refractivity contribution is 7.14. The average Bonchev–Trinajstić information content (AvgIpc) is 2.73. The molecule has 21 heavy (non-hydrogen) atoms. The van der Waals surface area contributed by atoms with E-state index in [9.17, 15) is 9.59 Å². The molecule has 1 heterocycles. The number of fused-ring (bicyclic) bond motifs is 1. The Morgan fingerprint density at radius 3 is 2.62 bits per heavy atom. The third-order valence-corrected chi connectivity index (χ3v) is 4.25. The molecule has 1 aromatic heterocycles. The molecule has 0 spiro atoms. The van der Waals surface area contributed by atoms with Crippen molar-refractivity contribution in [2.45, 2.75) is 27.2 Å². The second kappa shape index (κ2) is 5.77. The van der Waals surface area contributed by atoms with Gasteiger partial charge in [0.1, 0.15) is 10.6 Å². The first kappa shape index (κ1) is 16.0. The number of aromatic nitrogens is 1. The quantitative estimate of drug-likeness (QED) is 0.856. The zero-order valence-electron chi connectivity index (χ0n) is 13.2.